The summed E-state index contributed by atoms with van der Waals surface area (Å²) in [6, 6.07) is 13.3. The molecule has 0 bridgehead atoms. The third kappa shape index (κ3) is 5.14. The Morgan fingerprint density at radius 1 is 0.818 bits per heavy atom. The molecule has 0 aliphatic carbocycles. The molecular weight excluding hydrogens is 266 g/mol. The SMILES string of the molecule is CCCCCCCCCCc1ccc2cccc(CN)c2c1. The van der Waals surface area contributed by atoms with Crippen molar-refractivity contribution in [1.29, 1.82) is 0 Å². The molecule has 2 aromatic carbocycles. The van der Waals surface area contributed by atoms with Gasteiger partial charge in [-0.05, 0) is 34.7 Å². The van der Waals surface area contributed by atoms with Crippen LogP contribution in [-0.2, 0) is 13.0 Å². The lowest BCUT2D eigenvalue weighted by Crippen LogP contribution is -1.97. The Hall–Kier alpha value is -1.34. The molecule has 1 heteroatoms. The number of rotatable bonds is 10. The van der Waals surface area contributed by atoms with Crippen LogP contribution in [0.15, 0.2) is 36.4 Å². The van der Waals surface area contributed by atoms with Gasteiger partial charge in [-0.25, -0.2) is 0 Å². The Bertz CT molecular complexity index is 559. The van der Waals surface area contributed by atoms with Gasteiger partial charge in [-0.2, -0.15) is 0 Å². The van der Waals surface area contributed by atoms with Crippen LogP contribution in [0.5, 0.6) is 0 Å². The number of hydrogen-bond acceptors (Lipinski definition) is 1. The van der Waals surface area contributed by atoms with Crippen LogP contribution >= 0.6 is 0 Å². The van der Waals surface area contributed by atoms with Crippen molar-refractivity contribution in [1.82, 2.24) is 0 Å². The lowest BCUT2D eigenvalue weighted by atomic mass is 9.98. The van der Waals surface area contributed by atoms with E-state index in [-0.39, 0.29) is 0 Å². The van der Waals surface area contributed by atoms with E-state index >= 15 is 0 Å². The van der Waals surface area contributed by atoms with Gasteiger partial charge in [0.25, 0.3) is 0 Å². The summed E-state index contributed by atoms with van der Waals surface area (Å²) in [7, 11) is 0. The predicted octanol–water partition coefficient (Wildman–Crippen LogP) is 5.98. The third-order valence-corrected chi connectivity index (χ3v) is 4.58. The van der Waals surface area contributed by atoms with Crippen molar-refractivity contribution in [3.8, 4) is 0 Å². The van der Waals surface area contributed by atoms with E-state index in [0.717, 1.165) is 0 Å². The van der Waals surface area contributed by atoms with Crippen molar-refractivity contribution >= 4 is 10.8 Å². The molecule has 2 rings (SSSR count). The van der Waals surface area contributed by atoms with Gasteiger partial charge in [-0.3, -0.25) is 0 Å². The smallest absolute Gasteiger partial charge is 0.0184 e. The van der Waals surface area contributed by atoms with E-state index in [2.05, 4.69) is 43.3 Å². The average molecular weight is 297 g/mol. The van der Waals surface area contributed by atoms with E-state index in [0.29, 0.717) is 6.54 Å². The molecule has 0 aliphatic rings. The topological polar surface area (TPSA) is 26.0 Å². The first-order valence-corrected chi connectivity index (χ1v) is 9.05. The fraction of sp³-hybridized carbons (Fsp3) is 0.524. The molecule has 0 radical (unpaired) electrons. The maximum absolute atomic E-state index is 5.86. The second kappa shape index (κ2) is 9.63. The first-order valence-electron chi connectivity index (χ1n) is 9.05. The summed E-state index contributed by atoms with van der Waals surface area (Å²) < 4.78 is 0. The molecule has 0 saturated carbocycles. The molecule has 0 atom stereocenters. The van der Waals surface area contributed by atoms with Crippen molar-refractivity contribution in [2.45, 2.75) is 71.3 Å². The Balaban J connectivity index is 1.77. The number of hydrogen-bond donors (Lipinski definition) is 1. The van der Waals surface area contributed by atoms with Crippen LogP contribution in [0.3, 0.4) is 0 Å². The Labute approximate surface area is 135 Å². The second-order valence-electron chi connectivity index (χ2n) is 6.40. The normalized spacial score (nSPS) is 11.2. The van der Waals surface area contributed by atoms with Crippen LogP contribution in [-0.4, -0.2) is 0 Å². The molecule has 0 fully saturated rings. The van der Waals surface area contributed by atoms with Gasteiger partial charge < -0.3 is 5.73 Å². The fourth-order valence-electron chi connectivity index (χ4n) is 3.18. The highest BCUT2D eigenvalue weighted by Crippen LogP contribution is 2.21. The molecule has 0 spiro atoms. The highest BCUT2D eigenvalue weighted by Gasteiger charge is 2.01. The summed E-state index contributed by atoms with van der Waals surface area (Å²) in [5, 5.41) is 2.64. The van der Waals surface area contributed by atoms with Crippen LogP contribution in [0.4, 0.5) is 0 Å². The molecule has 0 unspecified atom stereocenters. The lowest BCUT2D eigenvalue weighted by Gasteiger charge is -2.07. The molecule has 0 aromatic heterocycles. The van der Waals surface area contributed by atoms with Crippen molar-refractivity contribution in [3.05, 3.63) is 47.5 Å². The molecular formula is C21H31N. The van der Waals surface area contributed by atoms with Gasteiger partial charge in [-0.15, -0.1) is 0 Å². The quantitative estimate of drug-likeness (QED) is 0.536. The van der Waals surface area contributed by atoms with Gasteiger partial charge in [-0.1, -0.05) is 88.3 Å². The van der Waals surface area contributed by atoms with Gasteiger partial charge in [0.1, 0.15) is 0 Å². The molecule has 120 valence electrons. The maximum Gasteiger partial charge on any atom is 0.0184 e. The predicted molar refractivity (Wildman–Crippen MR) is 98.2 cm³/mol. The standard InChI is InChI=1S/C21H31N/c1-2-3-4-5-6-7-8-9-11-18-14-15-19-12-10-13-20(17-22)21(19)16-18/h10,12-16H,2-9,11,17,22H2,1H3. The molecule has 1 nitrogen and oxygen atoms in total. The van der Waals surface area contributed by atoms with Crippen LogP contribution in [0.2, 0.25) is 0 Å². The molecule has 2 N–H and O–H groups in total. The molecule has 22 heavy (non-hydrogen) atoms. The molecule has 0 aliphatic heterocycles. The Kier molecular flexibility index (Phi) is 7.45. The van der Waals surface area contributed by atoms with Gasteiger partial charge in [0.2, 0.25) is 0 Å². The number of aryl methyl sites for hydroxylation is 1. The van der Waals surface area contributed by atoms with E-state index in [1.165, 1.54) is 79.7 Å². The zero-order chi connectivity index (χ0) is 15.6. The first kappa shape index (κ1) is 17.0. The number of unbranched alkanes of at least 4 members (excludes halogenated alkanes) is 7. The summed E-state index contributed by atoms with van der Waals surface area (Å²) in [6.07, 6.45) is 12.3. The summed E-state index contributed by atoms with van der Waals surface area (Å²) in [5.41, 5.74) is 8.57. The lowest BCUT2D eigenvalue weighted by molar-refractivity contribution is 0.575. The third-order valence-electron chi connectivity index (χ3n) is 4.58. The van der Waals surface area contributed by atoms with E-state index in [1.807, 2.05) is 0 Å². The van der Waals surface area contributed by atoms with Crippen LogP contribution in [0, 0.1) is 0 Å². The monoisotopic (exact) mass is 297 g/mol. The minimum absolute atomic E-state index is 0.624. The van der Waals surface area contributed by atoms with Gasteiger partial charge in [0, 0.05) is 6.54 Å². The molecule has 2 aromatic rings. The Morgan fingerprint density at radius 2 is 1.55 bits per heavy atom. The first-order chi connectivity index (χ1) is 10.8. The van der Waals surface area contributed by atoms with E-state index in [9.17, 15) is 0 Å². The van der Waals surface area contributed by atoms with Crippen molar-refractivity contribution in [2.24, 2.45) is 5.73 Å². The largest absolute Gasteiger partial charge is 0.326 e. The number of benzene rings is 2. The minimum Gasteiger partial charge on any atom is -0.326 e. The molecule has 0 heterocycles. The van der Waals surface area contributed by atoms with E-state index < -0.39 is 0 Å². The van der Waals surface area contributed by atoms with E-state index in [4.69, 9.17) is 5.73 Å². The molecule has 0 saturated heterocycles. The highest BCUT2D eigenvalue weighted by atomic mass is 14.5. The van der Waals surface area contributed by atoms with Gasteiger partial charge >= 0.3 is 0 Å². The van der Waals surface area contributed by atoms with Gasteiger partial charge in [0.15, 0.2) is 0 Å². The van der Waals surface area contributed by atoms with Crippen molar-refractivity contribution < 1.29 is 0 Å². The summed E-state index contributed by atoms with van der Waals surface area (Å²) in [5.74, 6) is 0. The van der Waals surface area contributed by atoms with Crippen molar-refractivity contribution in [2.75, 3.05) is 0 Å². The second-order valence-corrected chi connectivity index (χ2v) is 6.40. The van der Waals surface area contributed by atoms with E-state index in [1.54, 1.807) is 0 Å². The van der Waals surface area contributed by atoms with Crippen LogP contribution in [0.25, 0.3) is 10.8 Å². The van der Waals surface area contributed by atoms with Crippen molar-refractivity contribution in [3.63, 3.8) is 0 Å². The molecule has 0 amide bonds. The summed E-state index contributed by atoms with van der Waals surface area (Å²) in [6.45, 7) is 2.90. The van der Waals surface area contributed by atoms with Crippen LogP contribution < -0.4 is 5.73 Å². The Morgan fingerprint density at radius 3 is 2.27 bits per heavy atom. The highest BCUT2D eigenvalue weighted by molar-refractivity contribution is 5.86. The maximum atomic E-state index is 5.86. The van der Waals surface area contributed by atoms with Crippen LogP contribution in [0.1, 0.15) is 69.4 Å². The summed E-state index contributed by atoms with van der Waals surface area (Å²) in [4.78, 5) is 0. The number of fused-ring (bicyclic) bond motifs is 1. The fourth-order valence-corrected chi connectivity index (χ4v) is 3.18. The average Bonchev–Trinajstić information content (AvgIpc) is 2.56. The van der Waals surface area contributed by atoms with Gasteiger partial charge in [0.05, 0.1) is 0 Å². The summed E-state index contributed by atoms with van der Waals surface area (Å²) >= 11 is 0. The zero-order valence-electron chi connectivity index (χ0n) is 14.1. The minimum atomic E-state index is 0.624. The number of nitrogens with two attached hydrogens (primary N) is 1. The zero-order valence-corrected chi connectivity index (χ0v) is 14.1.